The van der Waals surface area contributed by atoms with Crippen molar-refractivity contribution >= 4 is 9.84 Å². The number of rotatable bonds is 4. The molecule has 2 atom stereocenters. The highest BCUT2D eigenvalue weighted by molar-refractivity contribution is 7.92. The van der Waals surface area contributed by atoms with Crippen LogP contribution in [0.2, 0.25) is 0 Å². The zero-order valence-corrected chi connectivity index (χ0v) is 16.7. The SMILES string of the molecule is CC(C)n1nc(C2CC2)nc1[C@@H]1CC[C@H](N2CCC3(C2)CS(=O)(=O)C3)C1. The monoisotopic (exact) mass is 378 g/mol. The van der Waals surface area contributed by atoms with E-state index < -0.39 is 9.84 Å². The molecule has 0 amide bonds. The van der Waals surface area contributed by atoms with Crippen molar-refractivity contribution in [2.24, 2.45) is 5.41 Å². The Hall–Kier alpha value is -0.950. The lowest BCUT2D eigenvalue weighted by molar-refractivity contribution is 0.213. The van der Waals surface area contributed by atoms with Crippen LogP contribution in [0.4, 0.5) is 0 Å². The summed E-state index contributed by atoms with van der Waals surface area (Å²) in [6.45, 7) is 6.44. The van der Waals surface area contributed by atoms with Crippen molar-refractivity contribution in [1.29, 1.82) is 0 Å². The van der Waals surface area contributed by atoms with E-state index in [-0.39, 0.29) is 5.41 Å². The molecule has 4 aliphatic rings. The van der Waals surface area contributed by atoms with Gasteiger partial charge in [-0.1, -0.05) is 0 Å². The van der Waals surface area contributed by atoms with E-state index in [0.717, 1.165) is 31.8 Å². The van der Waals surface area contributed by atoms with Gasteiger partial charge in [-0.3, -0.25) is 4.90 Å². The number of sulfone groups is 1. The van der Waals surface area contributed by atoms with Gasteiger partial charge in [-0.25, -0.2) is 18.1 Å². The molecule has 2 aliphatic carbocycles. The topological polar surface area (TPSA) is 68.1 Å². The molecular weight excluding hydrogens is 348 g/mol. The third kappa shape index (κ3) is 2.91. The Morgan fingerprint density at radius 1 is 1.12 bits per heavy atom. The van der Waals surface area contributed by atoms with Gasteiger partial charge in [-0.15, -0.1) is 0 Å². The standard InChI is InChI=1S/C19H30N4O2S/c1-13(2)23-18(20-17(21-23)14-3-4-14)15-5-6-16(9-15)22-8-7-19(10-22)11-26(24,25)12-19/h13-16H,3-12H2,1-2H3/t15-,16+/m1/s1. The normalized spacial score (nSPS) is 33.2. The maximum atomic E-state index is 11.6. The molecule has 4 fully saturated rings. The van der Waals surface area contributed by atoms with Gasteiger partial charge >= 0.3 is 0 Å². The Morgan fingerprint density at radius 2 is 1.85 bits per heavy atom. The predicted octanol–water partition coefficient (Wildman–Crippen LogP) is 2.49. The third-order valence-electron chi connectivity index (χ3n) is 6.91. The first-order chi connectivity index (χ1) is 12.3. The number of hydrogen-bond donors (Lipinski definition) is 0. The summed E-state index contributed by atoms with van der Waals surface area (Å²) in [6.07, 6.45) is 7.08. The highest BCUT2D eigenvalue weighted by Crippen LogP contribution is 2.46. The maximum Gasteiger partial charge on any atom is 0.154 e. The van der Waals surface area contributed by atoms with E-state index in [0.29, 0.717) is 35.4 Å². The molecule has 1 aromatic heterocycles. The highest BCUT2D eigenvalue weighted by Gasteiger charge is 2.53. The van der Waals surface area contributed by atoms with E-state index in [4.69, 9.17) is 10.1 Å². The van der Waals surface area contributed by atoms with E-state index in [1.807, 2.05) is 0 Å². The molecule has 0 bridgehead atoms. The Balaban J connectivity index is 1.28. The van der Waals surface area contributed by atoms with Crippen molar-refractivity contribution in [3.63, 3.8) is 0 Å². The molecule has 6 nitrogen and oxygen atoms in total. The van der Waals surface area contributed by atoms with Gasteiger partial charge in [0.05, 0.1) is 11.5 Å². The van der Waals surface area contributed by atoms with Crippen LogP contribution in [-0.4, -0.2) is 58.7 Å². The van der Waals surface area contributed by atoms with Crippen molar-refractivity contribution in [3.05, 3.63) is 11.6 Å². The molecule has 3 heterocycles. The van der Waals surface area contributed by atoms with E-state index in [2.05, 4.69) is 23.4 Å². The van der Waals surface area contributed by atoms with Crippen molar-refractivity contribution in [3.8, 4) is 0 Å². The molecule has 0 unspecified atom stereocenters. The fourth-order valence-corrected chi connectivity index (χ4v) is 7.71. The molecular formula is C19H30N4O2S. The van der Waals surface area contributed by atoms with Gasteiger partial charge in [-0.05, 0) is 58.9 Å². The van der Waals surface area contributed by atoms with Crippen molar-refractivity contribution in [1.82, 2.24) is 19.7 Å². The molecule has 2 saturated carbocycles. The van der Waals surface area contributed by atoms with Gasteiger partial charge in [0.2, 0.25) is 0 Å². The minimum atomic E-state index is -2.74. The number of hydrogen-bond acceptors (Lipinski definition) is 5. The minimum Gasteiger partial charge on any atom is -0.300 e. The third-order valence-corrected chi connectivity index (χ3v) is 9.02. The highest BCUT2D eigenvalue weighted by atomic mass is 32.2. The van der Waals surface area contributed by atoms with E-state index in [1.54, 1.807) is 0 Å². The van der Waals surface area contributed by atoms with Crippen LogP contribution in [0, 0.1) is 5.41 Å². The zero-order chi connectivity index (χ0) is 18.1. The van der Waals surface area contributed by atoms with Crippen LogP contribution < -0.4 is 0 Å². The molecule has 1 aromatic rings. The van der Waals surface area contributed by atoms with Gasteiger partial charge in [0, 0.05) is 35.9 Å². The molecule has 2 aliphatic heterocycles. The van der Waals surface area contributed by atoms with E-state index in [1.165, 1.54) is 31.5 Å². The molecule has 7 heteroatoms. The fraction of sp³-hybridized carbons (Fsp3) is 0.895. The lowest BCUT2D eigenvalue weighted by Crippen LogP contribution is -2.50. The van der Waals surface area contributed by atoms with Gasteiger partial charge in [0.25, 0.3) is 0 Å². The lowest BCUT2D eigenvalue weighted by atomic mass is 9.91. The van der Waals surface area contributed by atoms with E-state index in [9.17, 15) is 8.42 Å². The Morgan fingerprint density at radius 3 is 2.50 bits per heavy atom. The summed E-state index contributed by atoms with van der Waals surface area (Å²) in [5.41, 5.74) is 0.0774. The summed E-state index contributed by atoms with van der Waals surface area (Å²) in [6, 6.07) is 0.948. The summed E-state index contributed by atoms with van der Waals surface area (Å²) in [5, 5.41) is 4.83. The van der Waals surface area contributed by atoms with Crippen LogP contribution in [0.3, 0.4) is 0 Å². The van der Waals surface area contributed by atoms with Crippen LogP contribution in [0.25, 0.3) is 0 Å². The second-order valence-electron chi connectivity index (χ2n) is 9.56. The summed E-state index contributed by atoms with van der Waals surface area (Å²) < 4.78 is 25.5. The van der Waals surface area contributed by atoms with Gasteiger partial charge in [0.15, 0.2) is 15.7 Å². The van der Waals surface area contributed by atoms with Crippen molar-refractivity contribution in [2.45, 2.75) is 76.3 Å². The summed E-state index contributed by atoms with van der Waals surface area (Å²) in [5.74, 6) is 4.20. The van der Waals surface area contributed by atoms with Gasteiger partial charge in [-0.2, -0.15) is 5.10 Å². The van der Waals surface area contributed by atoms with Crippen LogP contribution in [0.1, 0.15) is 81.9 Å². The molecule has 5 rings (SSSR count). The molecule has 26 heavy (non-hydrogen) atoms. The second kappa shape index (κ2) is 5.77. The van der Waals surface area contributed by atoms with Gasteiger partial charge in [0.1, 0.15) is 5.82 Å². The quantitative estimate of drug-likeness (QED) is 0.805. The first-order valence-corrected chi connectivity index (χ1v) is 12.1. The summed E-state index contributed by atoms with van der Waals surface area (Å²) in [7, 11) is -2.74. The Kier molecular flexibility index (Phi) is 3.81. The Labute approximate surface area is 156 Å². The predicted molar refractivity (Wildman–Crippen MR) is 100 cm³/mol. The average molecular weight is 379 g/mol. The largest absolute Gasteiger partial charge is 0.300 e. The number of likely N-dealkylation sites (tertiary alicyclic amines) is 1. The van der Waals surface area contributed by atoms with Gasteiger partial charge < -0.3 is 0 Å². The van der Waals surface area contributed by atoms with Crippen LogP contribution in [0.15, 0.2) is 0 Å². The smallest absolute Gasteiger partial charge is 0.154 e. The second-order valence-corrected chi connectivity index (χ2v) is 11.6. The minimum absolute atomic E-state index is 0.0774. The van der Waals surface area contributed by atoms with Crippen LogP contribution in [-0.2, 0) is 9.84 Å². The molecule has 1 spiro atoms. The first-order valence-electron chi connectivity index (χ1n) is 10.2. The molecule has 0 radical (unpaired) electrons. The lowest BCUT2D eigenvalue weighted by Gasteiger charge is -2.38. The van der Waals surface area contributed by atoms with Crippen molar-refractivity contribution < 1.29 is 8.42 Å². The van der Waals surface area contributed by atoms with Crippen molar-refractivity contribution in [2.75, 3.05) is 24.6 Å². The number of aromatic nitrogens is 3. The molecule has 144 valence electrons. The zero-order valence-electron chi connectivity index (χ0n) is 15.9. The molecule has 0 aromatic carbocycles. The maximum absolute atomic E-state index is 11.6. The Bertz CT molecular complexity index is 800. The summed E-state index contributed by atoms with van der Waals surface area (Å²) in [4.78, 5) is 7.54. The first kappa shape index (κ1) is 17.2. The number of nitrogens with zero attached hydrogens (tertiary/aromatic N) is 4. The average Bonchev–Trinajstić information content (AvgIpc) is 2.99. The van der Waals surface area contributed by atoms with Crippen LogP contribution in [0.5, 0.6) is 0 Å². The van der Waals surface area contributed by atoms with Crippen LogP contribution >= 0.6 is 0 Å². The fourth-order valence-electron chi connectivity index (χ4n) is 5.46. The molecule has 0 N–H and O–H groups in total. The summed E-state index contributed by atoms with van der Waals surface area (Å²) >= 11 is 0. The molecule has 2 saturated heterocycles. The van der Waals surface area contributed by atoms with E-state index >= 15 is 0 Å².